The topological polar surface area (TPSA) is 67.0 Å². The van der Waals surface area contributed by atoms with Gasteiger partial charge in [-0.05, 0) is 25.3 Å². The second-order valence-corrected chi connectivity index (χ2v) is 5.04. The number of nitrogens with zero attached hydrogens (tertiary/aromatic N) is 1. The molecular formula is C14H17N3O2. The molecule has 0 saturated heterocycles. The molecule has 0 bridgehead atoms. The molecule has 2 N–H and O–H groups in total. The number of methoxy groups -OCH3 is 1. The average molecular weight is 259 g/mol. The Morgan fingerprint density at radius 2 is 2.26 bits per heavy atom. The molecule has 5 heteroatoms. The van der Waals surface area contributed by atoms with E-state index in [9.17, 15) is 4.79 Å². The smallest absolute Gasteiger partial charge is 0.272 e. The zero-order valence-electron chi connectivity index (χ0n) is 10.9. The predicted octanol–water partition coefficient (Wildman–Crippen LogP) is 1.86. The summed E-state index contributed by atoms with van der Waals surface area (Å²) < 4.78 is 5.49. The van der Waals surface area contributed by atoms with Crippen molar-refractivity contribution in [1.29, 1.82) is 0 Å². The summed E-state index contributed by atoms with van der Waals surface area (Å²) in [4.78, 5) is 12.2. The van der Waals surface area contributed by atoms with E-state index in [1.165, 1.54) is 0 Å². The lowest BCUT2D eigenvalue weighted by Crippen LogP contribution is -2.49. The lowest BCUT2D eigenvalue weighted by atomic mass is 9.80. The number of ether oxygens (including phenoxy) is 1. The molecule has 3 rings (SSSR count). The summed E-state index contributed by atoms with van der Waals surface area (Å²) in [5.41, 5.74) is 1.15. The summed E-state index contributed by atoms with van der Waals surface area (Å²) in [6, 6.07) is 7.61. The minimum Gasteiger partial charge on any atom is -0.376 e. The highest BCUT2D eigenvalue weighted by Gasteiger charge is 2.37. The molecule has 1 saturated carbocycles. The molecule has 100 valence electrons. The number of aromatic nitrogens is 2. The average Bonchev–Trinajstić information content (AvgIpc) is 2.81. The summed E-state index contributed by atoms with van der Waals surface area (Å²) in [6.07, 6.45) is 3.17. The molecule has 0 radical (unpaired) electrons. The second-order valence-electron chi connectivity index (χ2n) is 5.04. The van der Waals surface area contributed by atoms with Crippen LogP contribution in [-0.4, -0.2) is 35.4 Å². The van der Waals surface area contributed by atoms with Crippen LogP contribution in [-0.2, 0) is 4.74 Å². The number of carbonyl (C=O) groups is 1. The van der Waals surface area contributed by atoms with Gasteiger partial charge in [-0.3, -0.25) is 9.89 Å². The van der Waals surface area contributed by atoms with Gasteiger partial charge in [0.1, 0.15) is 0 Å². The Morgan fingerprint density at radius 3 is 2.95 bits per heavy atom. The fourth-order valence-electron chi connectivity index (χ4n) is 2.49. The number of carbonyl (C=O) groups excluding carboxylic acids is 1. The Labute approximate surface area is 111 Å². The van der Waals surface area contributed by atoms with Gasteiger partial charge in [0.05, 0.1) is 11.1 Å². The normalized spacial score (nSPS) is 17.1. The highest BCUT2D eigenvalue weighted by Crippen LogP contribution is 2.34. The van der Waals surface area contributed by atoms with Gasteiger partial charge in [0.15, 0.2) is 5.69 Å². The number of fused-ring (bicyclic) bond motifs is 1. The van der Waals surface area contributed by atoms with Crippen LogP contribution in [0.4, 0.5) is 0 Å². The van der Waals surface area contributed by atoms with Crippen molar-refractivity contribution in [2.24, 2.45) is 0 Å². The first-order chi connectivity index (χ1) is 9.24. The van der Waals surface area contributed by atoms with Gasteiger partial charge < -0.3 is 10.1 Å². The van der Waals surface area contributed by atoms with Crippen molar-refractivity contribution >= 4 is 16.8 Å². The zero-order chi connectivity index (χ0) is 13.3. The highest BCUT2D eigenvalue weighted by atomic mass is 16.5. The number of nitrogens with one attached hydrogen (secondary N) is 2. The van der Waals surface area contributed by atoms with Crippen LogP contribution in [0.25, 0.3) is 10.9 Å². The van der Waals surface area contributed by atoms with Crippen LogP contribution in [0.15, 0.2) is 24.3 Å². The van der Waals surface area contributed by atoms with Crippen LogP contribution < -0.4 is 5.32 Å². The summed E-state index contributed by atoms with van der Waals surface area (Å²) in [5.74, 6) is -0.152. The quantitative estimate of drug-likeness (QED) is 0.880. The van der Waals surface area contributed by atoms with Gasteiger partial charge in [-0.25, -0.2) is 0 Å². The van der Waals surface area contributed by atoms with E-state index in [0.717, 1.165) is 30.2 Å². The molecule has 1 aliphatic rings. The number of amides is 1. The van der Waals surface area contributed by atoms with Crippen LogP contribution in [0.5, 0.6) is 0 Å². The van der Waals surface area contributed by atoms with Gasteiger partial charge in [-0.1, -0.05) is 18.2 Å². The molecule has 1 amide bonds. The zero-order valence-corrected chi connectivity index (χ0v) is 10.9. The molecule has 1 heterocycles. The third-order valence-electron chi connectivity index (χ3n) is 3.95. The summed E-state index contributed by atoms with van der Waals surface area (Å²) in [5, 5.41) is 10.7. The largest absolute Gasteiger partial charge is 0.376 e. The fourth-order valence-corrected chi connectivity index (χ4v) is 2.49. The van der Waals surface area contributed by atoms with Gasteiger partial charge in [-0.2, -0.15) is 5.10 Å². The van der Waals surface area contributed by atoms with Gasteiger partial charge in [0, 0.05) is 19.0 Å². The van der Waals surface area contributed by atoms with Crippen molar-refractivity contribution in [2.45, 2.75) is 24.9 Å². The maximum atomic E-state index is 12.2. The summed E-state index contributed by atoms with van der Waals surface area (Å²) in [7, 11) is 1.70. The van der Waals surface area contributed by atoms with Crippen molar-refractivity contribution in [3.05, 3.63) is 30.0 Å². The van der Waals surface area contributed by atoms with Gasteiger partial charge in [0.25, 0.3) is 5.91 Å². The molecule has 0 spiro atoms. The first-order valence-electron chi connectivity index (χ1n) is 6.51. The molecule has 0 atom stereocenters. The minimum atomic E-state index is -0.165. The number of benzene rings is 1. The summed E-state index contributed by atoms with van der Waals surface area (Å²) >= 11 is 0. The molecule has 19 heavy (non-hydrogen) atoms. The Bertz CT molecular complexity index is 596. The number of aromatic amines is 1. The maximum absolute atomic E-state index is 12.2. The summed E-state index contributed by atoms with van der Waals surface area (Å²) in [6.45, 7) is 0.545. The standard InChI is InChI=1S/C14H17N3O2/c1-19-14(7-4-8-14)9-15-13(18)12-10-5-2-3-6-11(10)16-17-12/h2-3,5-6H,4,7-9H2,1H3,(H,15,18)(H,16,17). The van der Waals surface area contributed by atoms with Crippen molar-refractivity contribution in [1.82, 2.24) is 15.5 Å². The molecular weight excluding hydrogens is 242 g/mol. The monoisotopic (exact) mass is 259 g/mol. The number of H-pyrrole nitrogens is 1. The van der Waals surface area contributed by atoms with Crippen LogP contribution in [0.1, 0.15) is 29.8 Å². The van der Waals surface area contributed by atoms with E-state index in [1.54, 1.807) is 7.11 Å². The van der Waals surface area contributed by atoms with Gasteiger partial charge >= 0.3 is 0 Å². The van der Waals surface area contributed by atoms with E-state index >= 15 is 0 Å². The van der Waals surface area contributed by atoms with Crippen molar-refractivity contribution < 1.29 is 9.53 Å². The van der Waals surface area contributed by atoms with E-state index in [1.807, 2.05) is 24.3 Å². The molecule has 1 aliphatic carbocycles. The first-order valence-corrected chi connectivity index (χ1v) is 6.51. The first kappa shape index (κ1) is 12.2. The second kappa shape index (κ2) is 4.66. The molecule has 0 unspecified atom stereocenters. The van der Waals surface area contributed by atoms with Crippen molar-refractivity contribution in [3.8, 4) is 0 Å². The van der Waals surface area contributed by atoms with Crippen LogP contribution >= 0.6 is 0 Å². The van der Waals surface area contributed by atoms with Gasteiger partial charge in [-0.15, -0.1) is 0 Å². The fraction of sp³-hybridized carbons (Fsp3) is 0.429. The van der Waals surface area contributed by atoms with Crippen LogP contribution in [0.2, 0.25) is 0 Å². The van der Waals surface area contributed by atoms with Gasteiger partial charge in [0.2, 0.25) is 0 Å². The van der Waals surface area contributed by atoms with Crippen molar-refractivity contribution in [2.75, 3.05) is 13.7 Å². The SMILES string of the molecule is COC1(CNC(=O)c2n[nH]c3ccccc23)CCC1. The Kier molecular flexibility index (Phi) is 2.98. The Hall–Kier alpha value is -1.88. The number of hydrogen-bond acceptors (Lipinski definition) is 3. The van der Waals surface area contributed by atoms with E-state index < -0.39 is 0 Å². The van der Waals surface area contributed by atoms with Crippen molar-refractivity contribution in [3.63, 3.8) is 0 Å². The Balaban J connectivity index is 1.73. The third kappa shape index (κ3) is 2.10. The molecule has 2 aromatic rings. The highest BCUT2D eigenvalue weighted by molar-refractivity contribution is 6.04. The van der Waals surface area contributed by atoms with E-state index in [2.05, 4.69) is 15.5 Å². The van der Waals surface area contributed by atoms with E-state index in [4.69, 9.17) is 4.74 Å². The number of para-hydroxylation sites is 1. The maximum Gasteiger partial charge on any atom is 0.272 e. The molecule has 1 aromatic heterocycles. The molecule has 1 aromatic carbocycles. The molecule has 5 nitrogen and oxygen atoms in total. The number of hydrogen-bond donors (Lipinski definition) is 2. The van der Waals surface area contributed by atoms with Crippen LogP contribution in [0.3, 0.4) is 0 Å². The Morgan fingerprint density at radius 1 is 1.47 bits per heavy atom. The number of rotatable bonds is 4. The molecule has 0 aliphatic heterocycles. The lowest BCUT2D eigenvalue weighted by Gasteiger charge is -2.40. The van der Waals surface area contributed by atoms with E-state index in [0.29, 0.717) is 12.2 Å². The third-order valence-corrected chi connectivity index (χ3v) is 3.95. The lowest BCUT2D eigenvalue weighted by molar-refractivity contribution is -0.0679. The molecule has 1 fully saturated rings. The predicted molar refractivity (Wildman–Crippen MR) is 72.0 cm³/mol. The van der Waals surface area contributed by atoms with E-state index in [-0.39, 0.29) is 11.5 Å². The van der Waals surface area contributed by atoms with Crippen LogP contribution in [0, 0.1) is 0 Å². The minimum absolute atomic E-state index is 0.152.